The summed E-state index contributed by atoms with van der Waals surface area (Å²) in [6.07, 6.45) is 0. The van der Waals surface area contributed by atoms with E-state index in [1.165, 1.54) is 4.72 Å². The second-order valence-electron chi connectivity index (χ2n) is 4.42. The molecule has 1 aromatic rings. The highest BCUT2D eigenvalue weighted by molar-refractivity contribution is 8.12. The van der Waals surface area contributed by atoms with Gasteiger partial charge in [-0.05, 0) is 24.3 Å². The molecule has 1 rings (SSSR count). The van der Waals surface area contributed by atoms with Gasteiger partial charge in [0.25, 0.3) is 0 Å². The van der Waals surface area contributed by atoms with E-state index in [0.717, 1.165) is 4.72 Å². The lowest BCUT2D eigenvalue weighted by atomic mass is 10.3. The van der Waals surface area contributed by atoms with Crippen LogP contribution in [0.25, 0.3) is 0 Å². The summed E-state index contributed by atoms with van der Waals surface area (Å²) in [7, 11) is -17.8. The first-order chi connectivity index (χ1) is 12.5. The van der Waals surface area contributed by atoms with Crippen molar-refractivity contribution in [3.63, 3.8) is 0 Å². The molecule has 0 unspecified atom stereocenters. The van der Waals surface area contributed by atoms with Gasteiger partial charge in [0.15, 0.2) is 0 Å². The van der Waals surface area contributed by atoms with Crippen LogP contribution < -0.4 is 9.44 Å². The Hall–Kier alpha value is -1.42. The molecule has 0 aromatic heterocycles. The molecule has 0 aliphatic rings. The van der Waals surface area contributed by atoms with E-state index in [0.29, 0.717) is 24.3 Å². The molecule has 1 aromatic carbocycles. The van der Waals surface area contributed by atoms with Crippen molar-refractivity contribution >= 4 is 53.6 Å². The van der Waals surface area contributed by atoms with Crippen LogP contribution in [0.2, 0.25) is 0 Å². The van der Waals surface area contributed by atoms with Crippen molar-refractivity contribution < 1.29 is 62.0 Å². The molecule has 0 aliphatic heterocycles. The molecule has 0 saturated carbocycles. The standard InChI is InChI=1S/C8H8F4N2O10S4/c9-7(10,25-24-23-15)26(16,17)13-5-1-3-6(4-2-5)14-27(18,19)8(11,12)28(20,21)22/h1-4,13-15H,(H,20,21,22). The van der Waals surface area contributed by atoms with Gasteiger partial charge in [-0.15, -0.1) is 4.33 Å². The maximum absolute atomic E-state index is 13.4. The van der Waals surface area contributed by atoms with Crippen molar-refractivity contribution in [2.24, 2.45) is 0 Å². The highest BCUT2D eigenvalue weighted by atomic mass is 32.3. The Morgan fingerprint density at radius 3 is 1.61 bits per heavy atom. The van der Waals surface area contributed by atoms with E-state index in [4.69, 9.17) is 9.81 Å². The van der Waals surface area contributed by atoms with Crippen molar-refractivity contribution in [2.45, 2.75) is 9.17 Å². The number of nitrogens with one attached hydrogen (secondary N) is 2. The molecule has 0 amide bonds. The van der Waals surface area contributed by atoms with Gasteiger partial charge in [0.05, 0.1) is 0 Å². The summed E-state index contributed by atoms with van der Waals surface area (Å²) in [6.45, 7) is 0. The van der Waals surface area contributed by atoms with Gasteiger partial charge in [0.1, 0.15) is 12.0 Å². The van der Waals surface area contributed by atoms with Crippen LogP contribution >= 0.6 is 12.0 Å². The highest BCUT2D eigenvalue weighted by Crippen LogP contribution is 2.36. The molecule has 0 spiro atoms. The Labute approximate surface area is 158 Å². The molecule has 0 atom stereocenters. The zero-order valence-corrected chi connectivity index (χ0v) is 15.9. The van der Waals surface area contributed by atoms with Crippen LogP contribution in [0.5, 0.6) is 0 Å². The van der Waals surface area contributed by atoms with E-state index in [9.17, 15) is 42.8 Å². The van der Waals surface area contributed by atoms with Gasteiger partial charge in [-0.3, -0.25) is 14.0 Å². The fourth-order valence-electron chi connectivity index (χ4n) is 1.27. The predicted molar refractivity (Wildman–Crippen MR) is 85.4 cm³/mol. The SMILES string of the molecule is O=S(=O)(O)C(F)(F)S(=O)(=O)Nc1ccc(NS(=O)(=O)C(F)(F)SOOO)cc1. The lowest BCUT2D eigenvalue weighted by Crippen LogP contribution is -2.41. The third-order valence-electron chi connectivity index (χ3n) is 2.48. The molecule has 0 fully saturated rings. The molecule has 28 heavy (non-hydrogen) atoms. The van der Waals surface area contributed by atoms with E-state index < -0.39 is 62.8 Å². The number of alkyl halides is 4. The minimum absolute atomic E-state index is 0.602. The normalized spacial score (nSPS) is 13.9. The van der Waals surface area contributed by atoms with E-state index >= 15 is 0 Å². The number of hydrogen-bond donors (Lipinski definition) is 4. The quantitative estimate of drug-likeness (QED) is 0.120. The molecule has 0 bridgehead atoms. The zero-order valence-electron chi connectivity index (χ0n) is 12.6. The van der Waals surface area contributed by atoms with E-state index in [1.807, 2.05) is 0 Å². The van der Waals surface area contributed by atoms with Gasteiger partial charge in [-0.2, -0.15) is 42.8 Å². The Balaban J connectivity index is 3.02. The van der Waals surface area contributed by atoms with Crippen LogP contribution in [0.4, 0.5) is 28.9 Å². The number of anilines is 2. The molecule has 0 radical (unpaired) electrons. The van der Waals surface area contributed by atoms with E-state index in [2.05, 4.69) is 9.37 Å². The fourth-order valence-corrected chi connectivity index (χ4v) is 4.31. The Bertz CT molecular complexity index is 1010. The largest absolute Gasteiger partial charge is 0.489 e. The molecule has 0 saturated heterocycles. The predicted octanol–water partition coefficient (Wildman–Crippen LogP) is 1.23. The molecule has 20 heteroatoms. The van der Waals surface area contributed by atoms with Crippen LogP contribution in [0, 0.1) is 0 Å². The lowest BCUT2D eigenvalue weighted by Gasteiger charge is -2.16. The van der Waals surface area contributed by atoms with Crippen molar-refractivity contribution in [1.29, 1.82) is 0 Å². The van der Waals surface area contributed by atoms with Gasteiger partial charge in [0.2, 0.25) is 0 Å². The van der Waals surface area contributed by atoms with Crippen LogP contribution in [-0.2, 0) is 39.5 Å². The third kappa shape index (κ3) is 5.34. The van der Waals surface area contributed by atoms with Gasteiger partial charge in [-0.1, -0.05) is 5.04 Å². The molecule has 4 N–H and O–H groups in total. The summed E-state index contributed by atoms with van der Waals surface area (Å²) < 4.78 is 124. The van der Waals surface area contributed by atoms with Crippen LogP contribution in [0.15, 0.2) is 24.3 Å². The summed E-state index contributed by atoms with van der Waals surface area (Å²) in [4.78, 5) is 0. The van der Waals surface area contributed by atoms with E-state index in [1.54, 1.807) is 0 Å². The molecular formula is C8H8F4N2O10S4. The summed E-state index contributed by atoms with van der Waals surface area (Å²) in [5.74, 6) is 0. The van der Waals surface area contributed by atoms with Gasteiger partial charge in [-0.25, -0.2) is 5.26 Å². The topological polar surface area (TPSA) is 185 Å². The average Bonchev–Trinajstić information content (AvgIpc) is 2.53. The lowest BCUT2D eigenvalue weighted by molar-refractivity contribution is -0.433. The van der Waals surface area contributed by atoms with Crippen LogP contribution in [0.3, 0.4) is 0 Å². The number of benzene rings is 1. The summed E-state index contributed by atoms with van der Waals surface area (Å²) in [5.41, 5.74) is -1.33. The first-order valence-electron chi connectivity index (χ1n) is 6.00. The molecule has 0 heterocycles. The second-order valence-corrected chi connectivity index (χ2v) is 10.7. The van der Waals surface area contributed by atoms with Crippen molar-refractivity contribution in [3.05, 3.63) is 24.3 Å². The zero-order chi connectivity index (χ0) is 22.0. The third-order valence-corrected chi connectivity index (χ3v) is 7.81. The van der Waals surface area contributed by atoms with Gasteiger partial charge >= 0.3 is 39.3 Å². The van der Waals surface area contributed by atoms with Gasteiger partial charge in [0, 0.05) is 11.4 Å². The summed E-state index contributed by atoms with van der Waals surface area (Å²) >= 11 is -1.09. The Kier molecular flexibility index (Phi) is 7.15. The summed E-state index contributed by atoms with van der Waals surface area (Å²) in [5, 5.41) is 10.6. The molecular weight excluding hydrogens is 488 g/mol. The van der Waals surface area contributed by atoms with Gasteiger partial charge < -0.3 is 0 Å². The monoisotopic (exact) mass is 496 g/mol. The molecule has 12 nitrogen and oxygen atoms in total. The highest BCUT2D eigenvalue weighted by Gasteiger charge is 2.57. The minimum Gasteiger partial charge on any atom is -0.280 e. The van der Waals surface area contributed by atoms with Crippen molar-refractivity contribution in [3.8, 4) is 0 Å². The fraction of sp³-hybridized carbons (Fsp3) is 0.250. The number of rotatable bonds is 10. The number of sulfonamides is 2. The Morgan fingerprint density at radius 2 is 1.25 bits per heavy atom. The number of hydrogen-bond acceptors (Lipinski definition) is 10. The van der Waals surface area contributed by atoms with Crippen molar-refractivity contribution in [2.75, 3.05) is 9.44 Å². The number of halogens is 4. The molecule has 0 aliphatic carbocycles. The second kappa shape index (κ2) is 8.14. The molecule has 162 valence electrons. The van der Waals surface area contributed by atoms with E-state index in [-0.39, 0.29) is 0 Å². The first-order valence-corrected chi connectivity index (χ1v) is 11.1. The smallest absolute Gasteiger partial charge is 0.280 e. The Morgan fingerprint density at radius 1 is 0.857 bits per heavy atom. The first kappa shape index (κ1) is 24.6. The average molecular weight is 496 g/mol. The van der Waals surface area contributed by atoms with Crippen LogP contribution in [-0.4, -0.2) is 44.2 Å². The van der Waals surface area contributed by atoms with Crippen molar-refractivity contribution in [1.82, 2.24) is 0 Å². The minimum atomic E-state index is -6.34. The van der Waals surface area contributed by atoms with Crippen LogP contribution in [0.1, 0.15) is 0 Å². The summed E-state index contributed by atoms with van der Waals surface area (Å²) in [6, 6.07) is 2.50. The maximum atomic E-state index is 13.4. The maximum Gasteiger partial charge on any atom is 0.489 e.